The van der Waals surface area contributed by atoms with Crippen LogP contribution in [-0.4, -0.2) is 45.2 Å². The lowest BCUT2D eigenvalue weighted by Gasteiger charge is -2.28. The van der Waals surface area contributed by atoms with E-state index in [0.717, 1.165) is 49.3 Å². The van der Waals surface area contributed by atoms with E-state index in [2.05, 4.69) is 19.9 Å². The van der Waals surface area contributed by atoms with Crippen LogP contribution in [0.15, 0.2) is 28.0 Å². The van der Waals surface area contributed by atoms with Gasteiger partial charge in [0, 0.05) is 38.7 Å². The highest BCUT2D eigenvalue weighted by atomic mass is 16.6. The number of hydrogen-bond donors (Lipinski definition) is 1. The normalized spacial score (nSPS) is 16.6. The summed E-state index contributed by atoms with van der Waals surface area (Å²) in [6.07, 6.45) is 3.67. The summed E-state index contributed by atoms with van der Waals surface area (Å²) in [5.41, 5.74) is 3.05. The average Bonchev–Trinajstić information content (AvgIpc) is 2.76. The number of ether oxygens (including phenoxy) is 1. The number of H-pyrrole nitrogens is 1. The van der Waals surface area contributed by atoms with Gasteiger partial charge in [0.2, 0.25) is 0 Å². The molecule has 0 bridgehead atoms. The van der Waals surface area contributed by atoms with Crippen molar-refractivity contribution in [3.05, 3.63) is 61.3 Å². The van der Waals surface area contributed by atoms with E-state index in [0.29, 0.717) is 37.5 Å². The first-order valence-corrected chi connectivity index (χ1v) is 10.3. The van der Waals surface area contributed by atoms with E-state index in [-0.39, 0.29) is 17.0 Å². The molecule has 0 aliphatic carbocycles. The molecular formula is C21H25N5O4. The highest BCUT2D eigenvalue weighted by molar-refractivity contribution is 5.97. The third kappa shape index (κ3) is 4.25. The molecule has 4 rings (SSSR count). The predicted octanol–water partition coefficient (Wildman–Crippen LogP) is 2.61. The number of rotatable bonds is 6. The molecule has 30 heavy (non-hydrogen) atoms. The van der Waals surface area contributed by atoms with E-state index in [4.69, 9.17) is 4.74 Å². The fourth-order valence-corrected chi connectivity index (χ4v) is 3.98. The number of nitro groups is 1. The second-order valence-electron chi connectivity index (χ2n) is 7.58. The van der Waals surface area contributed by atoms with Crippen LogP contribution in [0, 0.1) is 10.1 Å². The Balaban J connectivity index is 1.52. The summed E-state index contributed by atoms with van der Waals surface area (Å²) in [6.45, 7) is 4.66. The van der Waals surface area contributed by atoms with Crippen molar-refractivity contribution in [1.29, 1.82) is 0 Å². The van der Waals surface area contributed by atoms with Crippen LogP contribution in [0.5, 0.6) is 5.75 Å². The molecule has 0 radical (unpaired) electrons. The lowest BCUT2D eigenvalue weighted by Crippen LogP contribution is -2.36. The molecule has 1 aromatic carbocycles. The Morgan fingerprint density at radius 1 is 1.30 bits per heavy atom. The van der Waals surface area contributed by atoms with Gasteiger partial charge in [0.15, 0.2) is 11.6 Å². The van der Waals surface area contributed by atoms with Gasteiger partial charge in [-0.3, -0.25) is 24.8 Å². The maximum Gasteiger partial charge on any atom is 0.311 e. The highest BCUT2D eigenvalue weighted by Gasteiger charge is 2.24. The fourth-order valence-electron chi connectivity index (χ4n) is 3.98. The molecule has 0 spiro atoms. The molecule has 0 atom stereocenters. The molecule has 0 saturated carbocycles. The van der Waals surface area contributed by atoms with E-state index in [1.807, 2.05) is 6.07 Å². The quantitative estimate of drug-likeness (QED) is 0.577. The van der Waals surface area contributed by atoms with Crippen molar-refractivity contribution in [2.24, 2.45) is 4.99 Å². The van der Waals surface area contributed by atoms with Gasteiger partial charge >= 0.3 is 5.69 Å². The topological polar surface area (TPSA) is 114 Å². The third-order valence-electron chi connectivity index (χ3n) is 5.47. The number of nitro benzene ring substituents is 1. The van der Waals surface area contributed by atoms with E-state index in [1.165, 1.54) is 0 Å². The van der Waals surface area contributed by atoms with Crippen LogP contribution >= 0.6 is 0 Å². The van der Waals surface area contributed by atoms with Gasteiger partial charge in [-0.15, -0.1) is 0 Å². The van der Waals surface area contributed by atoms with Crippen molar-refractivity contribution in [2.45, 2.75) is 45.7 Å². The third-order valence-corrected chi connectivity index (χ3v) is 5.47. The predicted molar refractivity (Wildman–Crippen MR) is 112 cm³/mol. The number of aliphatic imine (C=N–C) groups is 1. The minimum atomic E-state index is -0.426. The van der Waals surface area contributed by atoms with Crippen LogP contribution in [0.2, 0.25) is 0 Å². The smallest absolute Gasteiger partial charge is 0.311 e. The molecule has 1 N–H and O–H groups in total. The summed E-state index contributed by atoms with van der Waals surface area (Å²) in [7, 11) is 0. The number of nitrogens with zero attached hydrogens (tertiary/aromatic N) is 4. The Hall–Kier alpha value is -3.07. The Bertz CT molecular complexity index is 1050. The fraction of sp³-hybridized carbons (Fsp3) is 0.476. The van der Waals surface area contributed by atoms with E-state index >= 15 is 0 Å². The van der Waals surface area contributed by atoms with Gasteiger partial charge < -0.3 is 9.72 Å². The summed E-state index contributed by atoms with van der Waals surface area (Å²) in [5.74, 6) is 0.878. The second kappa shape index (κ2) is 8.74. The molecule has 3 heterocycles. The summed E-state index contributed by atoms with van der Waals surface area (Å²) < 4.78 is 5.35. The van der Waals surface area contributed by atoms with Crippen molar-refractivity contribution in [3.8, 4) is 5.75 Å². The van der Waals surface area contributed by atoms with Gasteiger partial charge in [-0.25, -0.2) is 4.98 Å². The van der Waals surface area contributed by atoms with Crippen LogP contribution < -0.4 is 10.3 Å². The molecule has 9 heteroatoms. The number of hydrogen-bond acceptors (Lipinski definition) is 7. The molecule has 158 valence electrons. The first-order chi connectivity index (χ1) is 14.5. The Morgan fingerprint density at radius 2 is 2.17 bits per heavy atom. The van der Waals surface area contributed by atoms with Gasteiger partial charge in [0.1, 0.15) is 0 Å². The Morgan fingerprint density at radius 3 is 2.90 bits per heavy atom. The van der Waals surface area contributed by atoms with Gasteiger partial charge in [-0.05, 0) is 37.8 Å². The molecule has 0 saturated heterocycles. The molecule has 2 aromatic rings. The number of fused-ring (bicyclic) bond motifs is 1. The molecule has 9 nitrogen and oxygen atoms in total. The monoisotopic (exact) mass is 411 g/mol. The first kappa shape index (κ1) is 20.2. The zero-order chi connectivity index (χ0) is 21.1. The van der Waals surface area contributed by atoms with Crippen LogP contribution in [0.3, 0.4) is 0 Å². The molecular weight excluding hydrogens is 386 g/mol. The molecule has 0 fully saturated rings. The van der Waals surface area contributed by atoms with Crippen LogP contribution in [0.1, 0.15) is 48.8 Å². The minimum Gasteiger partial charge on any atom is -0.487 e. The highest BCUT2D eigenvalue weighted by Crippen LogP contribution is 2.29. The zero-order valence-electron chi connectivity index (χ0n) is 17.0. The maximum absolute atomic E-state index is 12.7. The van der Waals surface area contributed by atoms with Crippen LogP contribution in [0.4, 0.5) is 5.69 Å². The van der Waals surface area contributed by atoms with E-state index in [1.54, 1.807) is 19.1 Å². The van der Waals surface area contributed by atoms with Crippen LogP contribution in [-0.2, 0) is 19.5 Å². The Labute approximate surface area is 174 Å². The molecule has 0 unspecified atom stereocenters. The second-order valence-corrected chi connectivity index (χ2v) is 7.58. The van der Waals surface area contributed by atoms with Gasteiger partial charge in [-0.1, -0.05) is 6.07 Å². The van der Waals surface area contributed by atoms with Gasteiger partial charge in [0.25, 0.3) is 5.56 Å². The standard InChI is InChI=1S/C21H25N5O4/c1-2-30-19-7-6-14(11-18(19)26(28)29)12-25-10-8-16-15(13-25)21(27)24-20(23-16)17-5-3-4-9-22-17/h6-7,11H,2-5,8-10,12-13H2,1H3,(H,23,24,27). The van der Waals surface area contributed by atoms with Crippen LogP contribution in [0.25, 0.3) is 0 Å². The average molecular weight is 411 g/mol. The molecule has 2 aliphatic heterocycles. The molecule has 0 amide bonds. The summed E-state index contributed by atoms with van der Waals surface area (Å²) in [6, 6.07) is 5.02. The van der Waals surface area contributed by atoms with Crippen molar-refractivity contribution >= 4 is 11.4 Å². The Kier molecular flexibility index (Phi) is 5.89. The van der Waals surface area contributed by atoms with Crippen molar-refractivity contribution in [3.63, 3.8) is 0 Å². The van der Waals surface area contributed by atoms with Crippen molar-refractivity contribution in [1.82, 2.24) is 14.9 Å². The SMILES string of the molecule is CCOc1ccc(CN2CCc3nc(C4=NCCCC4)[nH]c(=O)c3C2)cc1[N+](=O)[O-]. The number of nitrogens with one attached hydrogen (secondary N) is 1. The lowest BCUT2D eigenvalue weighted by molar-refractivity contribution is -0.385. The van der Waals surface area contributed by atoms with Gasteiger partial charge in [0.05, 0.1) is 28.5 Å². The number of aromatic nitrogens is 2. The summed E-state index contributed by atoms with van der Waals surface area (Å²) >= 11 is 0. The molecule has 2 aliphatic rings. The largest absolute Gasteiger partial charge is 0.487 e. The number of benzene rings is 1. The summed E-state index contributed by atoms with van der Waals surface area (Å²) in [4.78, 5) is 37.9. The zero-order valence-corrected chi connectivity index (χ0v) is 17.0. The number of aromatic amines is 1. The maximum atomic E-state index is 12.7. The first-order valence-electron chi connectivity index (χ1n) is 10.3. The minimum absolute atomic E-state index is 0.0378. The van der Waals surface area contributed by atoms with E-state index in [9.17, 15) is 14.9 Å². The van der Waals surface area contributed by atoms with Crippen molar-refractivity contribution in [2.75, 3.05) is 19.7 Å². The van der Waals surface area contributed by atoms with Crippen molar-refractivity contribution < 1.29 is 9.66 Å². The van der Waals surface area contributed by atoms with Gasteiger partial charge in [-0.2, -0.15) is 0 Å². The summed E-state index contributed by atoms with van der Waals surface area (Å²) in [5, 5.41) is 11.4. The lowest BCUT2D eigenvalue weighted by atomic mass is 10.0. The molecule has 1 aromatic heterocycles. The van der Waals surface area contributed by atoms with E-state index < -0.39 is 4.92 Å².